The van der Waals surface area contributed by atoms with Crippen molar-refractivity contribution in [2.24, 2.45) is 5.73 Å². The van der Waals surface area contributed by atoms with Crippen LogP contribution in [0.4, 0.5) is 0 Å². The first kappa shape index (κ1) is 13.9. The monoisotopic (exact) mass is 258 g/mol. The van der Waals surface area contributed by atoms with Crippen LogP contribution in [0.3, 0.4) is 0 Å². The molecule has 0 fully saturated rings. The van der Waals surface area contributed by atoms with Gasteiger partial charge in [0.2, 0.25) is 5.91 Å². The van der Waals surface area contributed by atoms with Gasteiger partial charge in [-0.15, -0.1) is 0 Å². The predicted octanol–water partition coefficient (Wildman–Crippen LogP) is 0.326. The zero-order chi connectivity index (χ0) is 13.1. The van der Waals surface area contributed by atoms with Gasteiger partial charge < -0.3 is 20.8 Å². The summed E-state index contributed by atoms with van der Waals surface area (Å²) in [5.74, 6) is -1.97. The highest BCUT2D eigenvalue weighted by Crippen LogP contribution is 2.49. The highest BCUT2D eigenvalue weighted by atomic mass is 31.2. The molecular formula is C10H15N2O4P. The third kappa shape index (κ3) is 3.94. The lowest BCUT2D eigenvalue weighted by molar-refractivity contribution is -0.122. The van der Waals surface area contributed by atoms with Crippen LogP contribution < -0.4 is 11.1 Å². The number of nitrogens with one attached hydrogen (secondary N) is 1. The van der Waals surface area contributed by atoms with Crippen molar-refractivity contribution in [3.63, 3.8) is 0 Å². The van der Waals surface area contributed by atoms with Gasteiger partial charge >= 0.3 is 7.60 Å². The van der Waals surface area contributed by atoms with Crippen LogP contribution in [0.15, 0.2) is 30.3 Å². The molecule has 1 unspecified atom stereocenters. The van der Waals surface area contributed by atoms with Gasteiger partial charge in [0.15, 0.2) is 5.78 Å². The molecule has 17 heavy (non-hydrogen) atoms. The van der Waals surface area contributed by atoms with E-state index in [1.807, 2.05) is 0 Å². The van der Waals surface area contributed by atoms with Gasteiger partial charge in [0.05, 0.1) is 6.04 Å². The minimum absolute atomic E-state index is 0.342. The average Bonchev–Trinajstić information content (AvgIpc) is 2.25. The number of hydrogen-bond acceptors (Lipinski definition) is 3. The molecular weight excluding hydrogens is 243 g/mol. The molecule has 0 bridgehead atoms. The zero-order valence-electron chi connectivity index (χ0n) is 9.28. The van der Waals surface area contributed by atoms with Crippen LogP contribution in [0.25, 0.3) is 0 Å². The maximum Gasteiger partial charge on any atom is 0.352 e. The maximum atomic E-state index is 11.4. The Morgan fingerprint density at radius 1 is 1.35 bits per heavy atom. The van der Waals surface area contributed by atoms with Crippen LogP contribution in [-0.4, -0.2) is 21.7 Å². The quantitative estimate of drug-likeness (QED) is 0.581. The topological polar surface area (TPSA) is 113 Å². The lowest BCUT2D eigenvalue weighted by Gasteiger charge is -2.21. The van der Waals surface area contributed by atoms with E-state index in [9.17, 15) is 19.1 Å². The molecule has 2 atom stereocenters. The van der Waals surface area contributed by atoms with Crippen molar-refractivity contribution in [3.05, 3.63) is 35.9 Å². The normalized spacial score (nSPS) is 15.1. The molecule has 0 aromatic heterocycles. The third-order valence-corrected chi connectivity index (χ3v) is 3.24. The van der Waals surface area contributed by atoms with E-state index in [2.05, 4.69) is 5.32 Å². The lowest BCUT2D eigenvalue weighted by atomic mass is 10.2. The van der Waals surface area contributed by atoms with Crippen LogP contribution in [0.5, 0.6) is 0 Å². The van der Waals surface area contributed by atoms with Gasteiger partial charge in [-0.1, -0.05) is 30.3 Å². The summed E-state index contributed by atoms with van der Waals surface area (Å²) in [4.78, 5) is 29.8. The van der Waals surface area contributed by atoms with Gasteiger partial charge in [0, 0.05) is 0 Å². The molecule has 1 rings (SSSR count). The smallest absolute Gasteiger partial charge is 0.337 e. The molecule has 7 heteroatoms. The highest BCUT2D eigenvalue weighted by Gasteiger charge is 2.32. The van der Waals surface area contributed by atoms with E-state index >= 15 is 0 Å². The molecule has 0 spiro atoms. The van der Waals surface area contributed by atoms with Crippen molar-refractivity contribution in [1.29, 1.82) is 0 Å². The highest BCUT2D eigenvalue weighted by molar-refractivity contribution is 7.52. The van der Waals surface area contributed by atoms with Gasteiger partial charge in [0.25, 0.3) is 0 Å². The van der Waals surface area contributed by atoms with Crippen molar-refractivity contribution >= 4 is 13.5 Å². The Morgan fingerprint density at radius 3 is 2.29 bits per heavy atom. The Morgan fingerprint density at radius 2 is 1.88 bits per heavy atom. The van der Waals surface area contributed by atoms with E-state index in [0.29, 0.717) is 5.56 Å². The first-order chi connectivity index (χ1) is 7.82. The second-order valence-electron chi connectivity index (χ2n) is 3.70. The second-order valence-corrected chi connectivity index (χ2v) is 5.39. The summed E-state index contributed by atoms with van der Waals surface area (Å²) in [6.45, 7) is 1.44. The van der Waals surface area contributed by atoms with Gasteiger partial charge in [-0.2, -0.15) is 0 Å². The van der Waals surface area contributed by atoms with Gasteiger partial charge in [-0.25, -0.2) is 0 Å². The van der Waals surface area contributed by atoms with E-state index in [1.165, 1.54) is 19.1 Å². The molecule has 1 amide bonds. The molecule has 1 aromatic carbocycles. The summed E-state index contributed by atoms with van der Waals surface area (Å²) in [6, 6.07) is 7.23. The Kier molecular flexibility index (Phi) is 4.42. The number of amides is 1. The van der Waals surface area contributed by atoms with Crippen molar-refractivity contribution in [2.75, 3.05) is 0 Å². The molecule has 0 aliphatic carbocycles. The number of carbonyl (C=O) groups excluding carboxylic acids is 1. The number of carbonyl (C=O) groups is 1. The van der Waals surface area contributed by atoms with Crippen LogP contribution in [0.2, 0.25) is 0 Å². The lowest BCUT2D eigenvalue weighted by Crippen LogP contribution is -2.40. The van der Waals surface area contributed by atoms with E-state index in [4.69, 9.17) is 5.73 Å². The summed E-state index contributed by atoms with van der Waals surface area (Å²) < 4.78 is 11.3. The summed E-state index contributed by atoms with van der Waals surface area (Å²) in [5, 5.41) is 2.25. The molecule has 0 radical (unpaired) electrons. The Balaban J connectivity index is 2.99. The summed E-state index contributed by atoms with van der Waals surface area (Å²) >= 11 is 0. The maximum absolute atomic E-state index is 11.4. The van der Waals surface area contributed by atoms with Crippen molar-refractivity contribution in [3.8, 4) is 0 Å². The predicted molar refractivity (Wildman–Crippen MR) is 63.0 cm³/mol. The second kappa shape index (κ2) is 5.42. The molecule has 0 saturated heterocycles. The Labute approximate surface area is 99.0 Å². The van der Waals surface area contributed by atoms with Crippen molar-refractivity contribution in [2.45, 2.75) is 18.7 Å². The molecule has 0 heterocycles. The van der Waals surface area contributed by atoms with Crippen LogP contribution in [-0.2, 0) is 9.36 Å². The molecule has 0 aliphatic heterocycles. The van der Waals surface area contributed by atoms with Crippen molar-refractivity contribution in [1.82, 2.24) is 5.32 Å². The molecule has 5 N–H and O–H groups in total. The number of benzene rings is 1. The first-order valence-electron chi connectivity index (χ1n) is 4.98. The fraction of sp³-hybridized carbons (Fsp3) is 0.300. The largest absolute Gasteiger partial charge is 0.352 e. The van der Waals surface area contributed by atoms with Gasteiger partial charge in [-0.05, 0) is 12.5 Å². The number of hydrogen-bond donors (Lipinski definition) is 4. The van der Waals surface area contributed by atoms with Crippen LogP contribution in [0.1, 0.15) is 18.3 Å². The van der Waals surface area contributed by atoms with Crippen LogP contribution >= 0.6 is 7.60 Å². The van der Waals surface area contributed by atoms with E-state index in [1.54, 1.807) is 18.2 Å². The zero-order valence-corrected chi connectivity index (χ0v) is 10.2. The minimum atomic E-state index is -4.48. The van der Waals surface area contributed by atoms with Crippen LogP contribution in [0, 0.1) is 0 Å². The SMILES string of the molecule is C[C@H](N)C(=O)NC(c1ccccc1)P(=O)(O)O. The average molecular weight is 258 g/mol. The summed E-state index contributed by atoms with van der Waals surface area (Å²) in [6.07, 6.45) is 0. The molecule has 6 nitrogen and oxygen atoms in total. The fourth-order valence-electron chi connectivity index (χ4n) is 1.26. The molecule has 0 aliphatic rings. The van der Waals surface area contributed by atoms with E-state index < -0.39 is 25.3 Å². The number of rotatable bonds is 4. The fourth-order valence-corrected chi connectivity index (χ4v) is 2.12. The minimum Gasteiger partial charge on any atom is -0.337 e. The van der Waals surface area contributed by atoms with Gasteiger partial charge in [-0.3, -0.25) is 9.36 Å². The van der Waals surface area contributed by atoms with E-state index in [-0.39, 0.29) is 0 Å². The summed E-state index contributed by atoms with van der Waals surface area (Å²) in [5.41, 5.74) is 5.68. The molecule has 1 aromatic rings. The Bertz CT molecular complexity index is 429. The summed E-state index contributed by atoms with van der Waals surface area (Å²) in [7, 11) is -4.48. The van der Waals surface area contributed by atoms with Gasteiger partial charge in [0.1, 0.15) is 0 Å². The molecule has 94 valence electrons. The third-order valence-electron chi connectivity index (χ3n) is 2.14. The number of nitrogens with two attached hydrogens (primary N) is 1. The first-order valence-corrected chi connectivity index (χ1v) is 6.66. The Hall–Kier alpha value is -1.20. The van der Waals surface area contributed by atoms with E-state index in [0.717, 1.165) is 0 Å². The molecule has 0 saturated carbocycles. The standard InChI is InChI=1S/C10H15N2O4P/c1-7(11)9(13)12-10(17(14,15)16)8-5-3-2-4-6-8/h2-7,10H,11H2,1H3,(H,12,13)(H2,14,15,16)/t7-,10?/m0/s1. The van der Waals surface area contributed by atoms with Crippen molar-refractivity contribution < 1.29 is 19.1 Å².